The molecule has 3 N–H and O–H groups in total. The molecule has 0 heterocycles. The fraction of sp³-hybridized carbons (Fsp3) is 0.889. The average Bonchev–Trinajstić information content (AvgIpc) is 2.59. The number of halogens is 1. The van der Waals surface area contributed by atoms with Gasteiger partial charge in [-0.15, -0.1) is 24.0 Å². The van der Waals surface area contributed by atoms with E-state index in [4.69, 9.17) is 0 Å². The van der Waals surface area contributed by atoms with Gasteiger partial charge < -0.3 is 16.0 Å². The van der Waals surface area contributed by atoms with E-state index in [9.17, 15) is 4.79 Å². The van der Waals surface area contributed by atoms with Crippen LogP contribution >= 0.6 is 24.0 Å². The number of nitrogens with one attached hydrogen (secondary N) is 3. The molecule has 0 radical (unpaired) electrons. The minimum atomic E-state index is 0. The number of hydrogen-bond donors (Lipinski definition) is 3. The lowest BCUT2D eigenvalue weighted by molar-refractivity contribution is -0.122. The van der Waals surface area contributed by atoms with Crippen molar-refractivity contribution in [2.45, 2.75) is 76.7 Å². The first-order valence-corrected chi connectivity index (χ1v) is 9.52. The third-order valence-corrected chi connectivity index (χ3v) is 5.11. The second kappa shape index (κ2) is 12.8. The van der Waals surface area contributed by atoms with Gasteiger partial charge in [0, 0.05) is 32.6 Å². The van der Waals surface area contributed by atoms with E-state index in [2.05, 4.69) is 20.9 Å². The minimum absolute atomic E-state index is 0. The highest BCUT2D eigenvalue weighted by atomic mass is 127. The van der Waals surface area contributed by atoms with Gasteiger partial charge in [-0.25, -0.2) is 0 Å². The first-order chi connectivity index (χ1) is 11.3. The molecule has 140 valence electrons. The maximum absolute atomic E-state index is 12.0. The van der Waals surface area contributed by atoms with E-state index in [1.54, 1.807) is 7.05 Å². The lowest BCUT2D eigenvalue weighted by Gasteiger charge is -2.25. The van der Waals surface area contributed by atoms with Gasteiger partial charge in [-0.05, 0) is 31.6 Å². The molecule has 2 aliphatic carbocycles. The molecule has 0 bridgehead atoms. The summed E-state index contributed by atoms with van der Waals surface area (Å²) in [6.45, 7) is 1.39. The highest BCUT2D eigenvalue weighted by Gasteiger charge is 2.17. The summed E-state index contributed by atoms with van der Waals surface area (Å²) in [6, 6.07) is 0.552. The average molecular weight is 450 g/mol. The van der Waals surface area contributed by atoms with Crippen LogP contribution in [0, 0.1) is 5.92 Å². The van der Waals surface area contributed by atoms with Gasteiger partial charge in [0.05, 0.1) is 0 Å². The van der Waals surface area contributed by atoms with Gasteiger partial charge in [0.1, 0.15) is 0 Å². The Kier molecular flexibility index (Phi) is 11.5. The Morgan fingerprint density at radius 2 is 1.50 bits per heavy atom. The summed E-state index contributed by atoms with van der Waals surface area (Å²) in [4.78, 5) is 16.2. The minimum Gasteiger partial charge on any atom is -0.355 e. The molecule has 0 aromatic rings. The van der Waals surface area contributed by atoms with E-state index >= 15 is 0 Å². The second-order valence-electron chi connectivity index (χ2n) is 7.04. The van der Waals surface area contributed by atoms with Gasteiger partial charge in [0.15, 0.2) is 5.96 Å². The first-order valence-electron chi connectivity index (χ1n) is 9.52. The number of aliphatic imine (C=N–C) groups is 1. The molecule has 0 unspecified atom stereocenters. The summed E-state index contributed by atoms with van der Waals surface area (Å²) < 4.78 is 0. The molecule has 6 heteroatoms. The van der Waals surface area contributed by atoms with E-state index < -0.39 is 0 Å². The summed E-state index contributed by atoms with van der Waals surface area (Å²) in [5.41, 5.74) is 0. The standard InChI is InChI=1S/C18H34N4O.HI/c1-19-18(22-16-10-6-3-7-11-16)21-13-12-20-17(23)14-15-8-4-2-5-9-15;/h15-16H,2-14H2,1H3,(H,20,23)(H2,19,21,22);1H. The normalized spacial score (nSPS) is 20.1. The molecule has 1 amide bonds. The Balaban J connectivity index is 0.00000288. The number of nitrogens with zero attached hydrogens (tertiary/aromatic N) is 1. The van der Waals surface area contributed by atoms with Crippen LogP contribution in [0.15, 0.2) is 4.99 Å². The molecular formula is C18H35IN4O. The second-order valence-corrected chi connectivity index (χ2v) is 7.04. The molecule has 2 rings (SSSR count). The third kappa shape index (κ3) is 8.53. The zero-order chi connectivity index (χ0) is 16.3. The van der Waals surface area contributed by atoms with Crippen LogP contribution in [0.3, 0.4) is 0 Å². The Morgan fingerprint density at radius 3 is 2.12 bits per heavy atom. The maximum atomic E-state index is 12.0. The lowest BCUT2D eigenvalue weighted by Crippen LogP contribution is -2.46. The van der Waals surface area contributed by atoms with Crippen molar-refractivity contribution in [3.63, 3.8) is 0 Å². The topological polar surface area (TPSA) is 65.5 Å². The molecule has 0 aromatic heterocycles. The van der Waals surface area contributed by atoms with Gasteiger partial charge in [-0.3, -0.25) is 9.79 Å². The first kappa shape index (κ1) is 21.5. The molecule has 0 aromatic carbocycles. The number of guanidine groups is 1. The predicted molar refractivity (Wildman–Crippen MR) is 111 cm³/mol. The fourth-order valence-corrected chi connectivity index (χ4v) is 3.74. The molecule has 5 nitrogen and oxygen atoms in total. The SMILES string of the molecule is CN=C(NCCNC(=O)CC1CCCCC1)NC1CCCCC1.I. The number of carbonyl (C=O) groups is 1. The van der Waals surface area contributed by atoms with Crippen LogP contribution < -0.4 is 16.0 Å². The van der Waals surface area contributed by atoms with Gasteiger partial charge in [-0.1, -0.05) is 38.5 Å². The van der Waals surface area contributed by atoms with E-state index in [-0.39, 0.29) is 29.9 Å². The maximum Gasteiger partial charge on any atom is 0.220 e. The van der Waals surface area contributed by atoms with Crippen molar-refractivity contribution in [1.29, 1.82) is 0 Å². The molecule has 2 aliphatic rings. The quantitative estimate of drug-likeness (QED) is 0.252. The van der Waals surface area contributed by atoms with Crippen LogP contribution in [0.1, 0.15) is 70.6 Å². The van der Waals surface area contributed by atoms with E-state index in [0.717, 1.165) is 12.5 Å². The Labute approximate surface area is 164 Å². The number of carbonyl (C=O) groups excluding carboxylic acids is 1. The highest BCUT2D eigenvalue weighted by Crippen LogP contribution is 2.25. The lowest BCUT2D eigenvalue weighted by atomic mass is 9.87. The fourth-order valence-electron chi connectivity index (χ4n) is 3.74. The Morgan fingerprint density at radius 1 is 0.917 bits per heavy atom. The summed E-state index contributed by atoms with van der Waals surface area (Å²) >= 11 is 0. The van der Waals surface area contributed by atoms with E-state index in [1.807, 2.05) is 0 Å². The third-order valence-electron chi connectivity index (χ3n) is 5.11. The zero-order valence-corrected chi connectivity index (χ0v) is 17.4. The molecule has 2 saturated carbocycles. The number of rotatable bonds is 6. The molecule has 0 spiro atoms. The van der Waals surface area contributed by atoms with Crippen LogP contribution in [0.4, 0.5) is 0 Å². The molecule has 2 fully saturated rings. The molecule has 0 saturated heterocycles. The largest absolute Gasteiger partial charge is 0.355 e. The molecule has 24 heavy (non-hydrogen) atoms. The molecule has 0 aliphatic heterocycles. The van der Waals surface area contributed by atoms with Gasteiger partial charge >= 0.3 is 0 Å². The van der Waals surface area contributed by atoms with Crippen LogP contribution in [-0.2, 0) is 4.79 Å². The number of hydrogen-bond acceptors (Lipinski definition) is 2. The predicted octanol–water partition coefficient (Wildman–Crippen LogP) is 3.19. The highest BCUT2D eigenvalue weighted by molar-refractivity contribution is 14.0. The Hall–Kier alpha value is -0.530. The van der Waals surface area contributed by atoms with Crippen LogP contribution in [0.25, 0.3) is 0 Å². The number of amides is 1. The summed E-state index contributed by atoms with van der Waals surface area (Å²) in [5.74, 6) is 1.67. The molecular weight excluding hydrogens is 415 g/mol. The Bertz CT molecular complexity index is 377. The van der Waals surface area contributed by atoms with Gasteiger partial charge in [0.25, 0.3) is 0 Å². The monoisotopic (exact) mass is 450 g/mol. The van der Waals surface area contributed by atoms with Crippen molar-refractivity contribution in [2.24, 2.45) is 10.9 Å². The van der Waals surface area contributed by atoms with Gasteiger partial charge in [-0.2, -0.15) is 0 Å². The van der Waals surface area contributed by atoms with Crippen molar-refractivity contribution in [1.82, 2.24) is 16.0 Å². The summed E-state index contributed by atoms with van der Waals surface area (Å²) in [5, 5.41) is 9.81. The van der Waals surface area contributed by atoms with Crippen LogP contribution in [0.5, 0.6) is 0 Å². The van der Waals surface area contributed by atoms with Crippen molar-refractivity contribution in [3.05, 3.63) is 0 Å². The summed E-state index contributed by atoms with van der Waals surface area (Å²) in [6.07, 6.45) is 13.5. The van der Waals surface area contributed by atoms with E-state index in [0.29, 0.717) is 24.9 Å². The van der Waals surface area contributed by atoms with Crippen molar-refractivity contribution < 1.29 is 4.79 Å². The van der Waals surface area contributed by atoms with Crippen molar-refractivity contribution in [2.75, 3.05) is 20.1 Å². The smallest absolute Gasteiger partial charge is 0.220 e. The van der Waals surface area contributed by atoms with Crippen LogP contribution in [0.2, 0.25) is 0 Å². The van der Waals surface area contributed by atoms with Crippen molar-refractivity contribution >= 4 is 35.8 Å². The zero-order valence-electron chi connectivity index (χ0n) is 15.1. The van der Waals surface area contributed by atoms with E-state index in [1.165, 1.54) is 64.2 Å². The van der Waals surface area contributed by atoms with Gasteiger partial charge in [0.2, 0.25) is 5.91 Å². The summed E-state index contributed by atoms with van der Waals surface area (Å²) in [7, 11) is 1.81. The van der Waals surface area contributed by atoms with Crippen LogP contribution in [-0.4, -0.2) is 38.0 Å². The van der Waals surface area contributed by atoms with Crippen molar-refractivity contribution in [3.8, 4) is 0 Å². The molecule has 0 atom stereocenters.